The summed E-state index contributed by atoms with van der Waals surface area (Å²) in [5.74, 6) is -0.443. The molecule has 3 rings (SSSR count). The summed E-state index contributed by atoms with van der Waals surface area (Å²) < 4.78 is 0. The molecule has 0 amide bonds. The highest BCUT2D eigenvalue weighted by atomic mass is 32.1. The van der Waals surface area contributed by atoms with Crippen LogP contribution >= 0.6 is 11.3 Å². The minimum absolute atomic E-state index is 0.117. The normalized spacial score (nSPS) is 20.7. The minimum Gasteiger partial charge on any atom is -0.477 e. The summed E-state index contributed by atoms with van der Waals surface area (Å²) in [6.45, 7) is 2.05. The summed E-state index contributed by atoms with van der Waals surface area (Å²) in [7, 11) is 0. The SMILES string of the molecule is CCCCC(O)C(O)c1ccc(C2C(=O)CC[C@@H]2CCCc2ccc(C(=O)O)s2)cc1. The molecule has 1 saturated carbocycles. The predicted molar refractivity (Wildman–Crippen MR) is 122 cm³/mol. The van der Waals surface area contributed by atoms with Crippen molar-refractivity contribution in [1.82, 2.24) is 0 Å². The third-order valence-corrected chi connectivity index (χ3v) is 7.44. The summed E-state index contributed by atoms with van der Waals surface area (Å²) in [6.07, 6.45) is 4.90. The fourth-order valence-corrected chi connectivity index (χ4v) is 5.43. The molecule has 2 aromatic rings. The van der Waals surface area contributed by atoms with Gasteiger partial charge in [0.25, 0.3) is 0 Å². The number of carboxylic acid groups (broad SMARTS) is 1. The van der Waals surface area contributed by atoms with Gasteiger partial charge in [-0.05, 0) is 61.3 Å². The van der Waals surface area contributed by atoms with E-state index in [0.717, 1.165) is 49.0 Å². The number of carbonyl (C=O) groups excluding carboxylic acids is 1. The first-order valence-corrected chi connectivity index (χ1v) is 12.0. The molecule has 3 unspecified atom stereocenters. The van der Waals surface area contributed by atoms with E-state index in [2.05, 4.69) is 6.92 Å². The van der Waals surface area contributed by atoms with E-state index < -0.39 is 18.2 Å². The highest BCUT2D eigenvalue weighted by molar-refractivity contribution is 7.13. The number of Topliss-reactive ketones (excluding diaryl/α,β-unsaturated/α-hetero) is 1. The second-order valence-electron chi connectivity index (χ2n) is 8.53. The zero-order chi connectivity index (χ0) is 22.4. The van der Waals surface area contributed by atoms with Crippen LogP contribution < -0.4 is 0 Å². The summed E-state index contributed by atoms with van der Waals surface area (Å²) in [6, 6.07) is 11.0. The summed E-state index contributed by atoms with van der Waals surface area (Å²) >= 11 is 1.32. The van der Waals surface area contributed by atoms with Crippen LogP contribution in [0.15, 0.2) is 36.4 Å². The summed E-state index contributed by atoms with van der Waals surface area (Å²) in [4.78, 5) is 25.0. The van der Waals surface area contributed by atoms with E-state index in [1.807, 2.05) is 30.3 Å². The number of hydrogen-bond donors (Lipinski definition) is 3. The molecule has 4 atom stereocenters. The molecule has 0 radical (unpaired) electrons. The fraction of sp³-hybridized carbons (Fsp3) is 0.520. The quantitative estimate of drug-likeness (QED) is 0.447. The van der Waals surface area contributed by atoms with Crippen LogP contribution in [0.4, 0.5) is 0 Å². The number of aromatic carboxylic acids is 1. The largest absolute Gasteiger partial charge is 0.477 e. The molecule has 6 heteroatoms. The maximum Gasteiger partial charge on any atom is 0.345 e. The van der Waals surface area contributed by atoms with Gasteiger partial charge in [-0.2, -0.15) is 0 Å². The van der Waals surface area contributed by atoms with Crippen molar-refractivity contribution >= 4 is 23.1 Å². The van der Waals surface area contributed by atoms with E-state index in [1.54, 1.807) is 6.07 Å². The maximum absolute atomic E-state index is 12.6. The van der Waals surface area contributed by atoms with Crippen molar-refractivity contribution in [3.05, 3.63) is 57.3 Å². The molecule has 1 aliphatic carbocycles. The van der Waals surface area contributed by atoms with Crippen LogP contribution in [0, 0.1) is 5.92 Å². The summed E-state index contributed by atoms with van der Waals surface area (Å²) in [5, 5.41) is 29.6. The minimum atomic E-state index is -0.905. The van der Waals surface area contributed by atoms with Gasteiger partial charge in [0.1, 0.15) is 16.8 Å². The third-order valence-electron chi connectivity index (χ3n) is 6.31. The van der Waals surface area contributed by atoms with E-state index in [4.69, 9.17) is 5.11 Å². The lowest BCUT2D eigenvalue weighted by Gasteiger charge is -2.21. The Kier molecular flexibility index (Phi) is 8.41. The number of aliphatic hydroxyl groups is 2. The van der Waals surface area contributed by atoms with Crippen molar-refractivity contribution in [3.8, 4) is 0 Å². The van der Waals surface area contributed by atoms with E-state index in [0.29, 0.717) is 23.3 Å². The zero-order valence-electron chi connectivity index (χ0n) is 18.0. The van der Waals surface area contributed by atoms with Gasteiger partial charge in [0, 0.05) is 17.2 Å². The van der Waals surface area contributed by atoms with Crippen molar-refractivity contribution in [2.24, 2.45) is 5.92 Å². The number of carboxylic acids is 1. The van der Waals surface area contributed by atoms with Crippen LogP contribution in [-0.2, 0) is 11.2 Å². The molecule has 0 saturated heterocycles. The lowest BCUT2D eigenvalue weighted by Crippen LogP contribution is -2.18. The van der Waals surface area contributed by atoms with Gasteiger partial charge in [0.2, 0.25) is 0 Å². The number of unbranched alkanes of at least 4 members (excludes halogenated alkanes) is 1. The van der Waals surface area contributed by atoms with Crippen LogP contribution in [0.1, 0.15) is 89.6 Å². The molecule has 0 aliphatic heterocycles. The summed E-state index contributed by atoms with van der Waals surface area (Å²) in [5.41, 5.74) is 1.66. The molecule has 1 aromatic carbocycles. The Morgan fingerprint density at radius 1 is 1.13 bits per heavy atom. The molecule has 1 fully saturated rings. The number of benzene rings is 1. The Morgan fingerprint density at radius 3 is 2.52 bits per heavy atom. The van der Waals surface area contributed by atoms with Crippen LogP contribution in [0.3, 0.4) is 0 Å². The number of ketones is 1. The second kappa shape index (κ2) is 11.0. The molecule has 0 bridgehead atoms. The van der Waals surface area contributed by atoms with Crippen LogP contribution in [0.25, 0.3) is 0 Å². The molecule has 1 aliphatic rings. The van der Waals surface area contributed by atoms with Crippen molar-refractivity contribution in [3.63, 3.8) is 0 Å². The first-order chi connectivity index (χ1) is 14.9. The molecule has 3 N–H and O–H groups in total. The first-order valence-electron chi connectivity index (χ1n) is 11.2. The Labute approximate surface area is 187 Å². The van der Waals surface area contributed by atoms with Crippen molar-refractivity contribution in [2.75, 3.05) is 0 Å². The smallest absolute Gasteiger partial charge is 0.345 e. The van der Waals surface area contributed by atoms with Gasteiger partial charge in [-0.15, -0.1) is 11.3 Å². The molecule has 168 valence electrons. The lowest BCUT2D eigenvalue weighted by atomic mass is 9.84. The number of aryl methyl sites for hydroxylation is 1. The maximum atomic E-state index is 12.6. The van der Waals surface area contributed by atoms with Crippen LogP contribution in [0.5, 0.6) is 0 Å². The molecular weight excluding hydrogens is 412 g/mol. The van der Waals surface area contributed by atoms with E-state index in [-0.39, 0.29) is 17.6 Å². The Morgan fingerprint density at radius 2 is 1.87 bits per heavy atom. The van der Waals surface area contributed by atoms with E-state index >= 15 is 0 Å². The van der Waals surface area contributed by atoms with Gasteiger partial charge < -0.3 is 15.3 Å². The average molecular weight is 445 g/mol. The average Bonchev–Trinajstić information content (AvgIpc) is 3.38. The molecule has 5 nitrogen and oxygen atoms in total. The number of aliphatic hydroxyl groups excluding tert-OH is 2. The second-order valence-corrected chi connectivity index (χ2v) is 9.70. The molecule has 1 heterocycles. The molecule has 31 heavy (non-hydrogen) atoms. The van der Waals surface area contributed by atoms with Crippen LogP contribution in [0.2, 0.25) is 0 Å². The first kappa shape index (κ1) is 23.6. The highest BCUT2D eigenvalue weighted by Crippen LogP contribution is 2.40. The zero-order valence-corrected chi connectivity index (χ0v) is 18.8. The Balaban J connectivity index is 1.59. The van der Waals surface area contributed by atoms with Gasteiger partial charge in [-0.25, -0.2) is 4.79 Å². The van der Waals surface area contributed by atoms with Gasteiger partial charge in [-0.3, -0.25) is 4.79 Å². The Bertz CT molecular complexity index is 872. The van der Waals surface area contributed by atoms with E-state index in [9.17, 15) is 19.8 Å². The standard InChI is InChI=1S/C25H32O5S/c1-2-3-7-21(27)24(28)18-10-8-17(9-11-18)23-16(12-14-20(23)26)5-4-6-19-13-15-22(31-19)25(29)30/h8-11,13,15-16,21,23-24,27-28H,2-7,12,14H2,1H3,(H,29,30)/t16-,21?,23?,24?/m0/s1. The van der Waals surface area contributed by atoms with Crippen molar-refractivity contribution in [2.45, 2.75) is 76.4 Å². The highest BCUT2D eigenvalue weighted by Gasteiger charge is 2.35. The van der Waals surface area contributed by atoms with Gasteiger partial charge in [-0.1, -0.05) is 44.0 Å². The number of hydrogen-bond acceptors (Lipinski definition) is 5. The number of rotatable bonds is 11. The van der Waals surface area contributed by atoms with Crippen LogP contribution in [-0.4, -0.2) is 33.2 Å². The van der Waals surface area contributed by atoms with Crippen molar-refractivity contribution < 1.29 is 24.9 Å². The fourth-order valence-electron chi connectivity index (χ4n) is 4.54. The lowest BCUT2D eigenvalue weighted by molar-refractivity contribution is -0.119. The molecule has 0 spiro atoms. The van der Waals surface area contributed by atoms with E-state index in [1.165, 1.54) is 11.3 Å². The predicted octanol–water partition coefficient (Wildman–Crippen LogP) is 5.12. The van der Waals surface area contributed by atoms with Gasteiger partial charge in [0.05, 0.1) is 6.10 Å². The number of thiophene rings is 1. The van der Waals surface area contributed by atoms with Gasteiger partial charge >= 0.3 is 5.97 Å². The third kappa shape index (κ3) is 6.03. The number of carbonyl (C=O) groups is 2. The molecule has 1 aromatic heterocycles. The van der Waals surface area contributed by atoms with Gasteiger partial charge in [0.15, 0.2) is 0 Å². The monoisotopic (exact) mass is 444 g/mol. The topological polar surface area (TPSA) is 94.8 Å². The molecular formula is C25H32O5S. The Hall–Kier alpha value is -2.02. The van der Waals surface area contributed by atoms with Crippen molar-refractivity contribution in [1.29, 1.82) is 0 Å².